The number of pyridine rings is 3. The summed E-state index contributed by atoms with van der Waals surface area (Å²) < 4.78 is 7.62. The minimum absolute atomic E-state index is 0.817. The van der Waals surface area contributed by atoms with Gasteiger partial charge >= 0.3 is 0 Å². The van der Waals surface area contributed by atoms with Gasteiger partial charge in [0.2, 0.25) is 0 Å². The number of aromatic nitrogens is 4. The normalized spacial score (nSPS) is 14.4. The van der Waals surface area contributed by atoms with Gasteiger partial charge < -0.3 is 4.74 Å². The van der Waals surface area contributed by atoms with Crippen molar-refractivity contribution in [3.63, 3.8) is 0 Å². The maximum atomic E-state index is 5.47. The molecule has 1 aliphatic rings. The number of hydrogen-bond donors (Lipinski definition) is 0. The van der Waals surface area contributed by atoms with E-state index in [1.165, 1.54) is 11.1 Å². The van der Waals surface area contributed by atoms with Crippen LogP contribution in [0.15, 0.2) is 79.1 Å². The van der Waals surface area contributed by atoms with Gasteiger partial charge in [-0.05, 0) is 61.4 Å². The minimum Gasteiger partial charge on any atom is -0.379 e. The number of hydrogen-bond acceptors (Lipinski definition) is 5. The molecule has 0 aliphatic carbocycles. The highest BCUT2D eigenvalue weighted by molar-refractivity contribution is 5.82. The summed E-state index contributed by atoms with van der Waals surface area (Å²) in [6, 6.07) is 23.3. The van der Waals surface area contributed by atoms with E-state index < -0.39 is 0 Å². The predicted octanol–water partition coefficient (Wildman–Crippen LogP) is 5.57. The van der Waals surface area contributed by atoms with E-state index in [0.29, 0.717) is 0 Å². The average Bonchev–Trinajstić information content (AvgIpc) is 3.28. The van der Waals surface area contributed by atoms with Crippen molar-refractivity contribution in [2.75, 3.05) is 26.3 Å². The molecule has 6 heteroatoms. The van der Waals surface area contributed by atoms with Crippen LogP contribution in [-0.4, -0.2) is 50.6 Å². The average molecular weight is 476 g/mol. The number of rotatable bonds is 5. The number of nitrogens with zero attached hydrogens (tertiary/aromatic N) is 5. The Morgan fingerprint density at radius 1 is 0.833 bits per heavy atom. The molecule has 5 aromatic rings. The van der Waals surface area contributed by atoms with Crippen LogP contribution in [0.2, 0.25) is 0 Å². The molecule has 180 valence electrons. The van der Waals surface area contributed by atoms with Crippen molar-refractivity contribution in [1.82, 2.24) is 24.3 Å². The molecule has 5 heterocycles. The Kier molecular flexibility index (Phi) is 6.05. The highest BCUT2D eigenvalue weighted by Gasteiger charge is 2.18. The molecule has 0 unspecified atom stereocenters. The van der Waals surface area contributed by atoms with E-state index in [2.05, 4.69) is 71.0 Å². The SMILES string of the molecule is Cc1ccn2c(-c3ccnc(-c4ccc(CN5CCOCC5)cc4)c3)c(-c3cccc(C)n3)nc2c1. The summed E-state index contributed by atoms with van der Waals surface area (Å²) in [6.07, 6.45) is 3.97. The molecule has 0 amide bonds. The maximum Gasteiger partial charge on any atom is 0.138 e. The van der Waals surface area contributed by atoms with Gasteiger partial charge in [-0.3, -0.25) is 19.3 Å². The molecule has 1 aromatic carbocycles. The Balaban J connectivity index is 1.38. The predicted molar refractivity (Wildman–Crippen MR) is 143 cm³/mol. The van der Waals surface area contributed by atoms with Crippen molar-refractivity contribution in [1.29, 1.82) is 0 Å². The van der Waals surface area contributed by atoms with Crippen LogP contribution in [0.5, 0.6) is 0 Å². The Labute approximate surface area is 211 Å². The lowest BCUT2D eigenvalue weighted by molar-refractivity contribution is 0.0342. The molecule has 6 nitrogen and oxygen atoms in total. The van der Waals surface area contributed by atoms with E-state index in [9.17, 15) is 0 Å². The van der Waals surface area contributed by atoms with E-state index in [4.69, 9.17) is 19.7 Å². The van der Waals surface area contributed by atoms with Gasteiger partial charge in [-0.25, -0.2) is 4.98 Å². The number of benzene rings is 1. The lowest BCUT2D eigenvalue weighted by Crippen LogP contribution is -2.35. The Morgan fingerprint density at radius 3 is 2.47 bits per heavy atom. The van der Waals surface area contributed by atoms with E-state index in [0.717, 1.165) is 78.1 Å². The molecule has 6 rings (SSSR count). The Morgan fingerprint density at radius 2 is 1.67 bits per heavy atom. The van der Waals surface area contributed by atoms with E-state index in [-0.39, 0.29) is 0 Å². The van der Waals surface area contributed by atoms with Gasteiger partial charge in [0, 0.05) is 48.8 Å². The maximum absolute atomic E-state index is 5.47. The quantitative estimate of drug-likeness (QED) is 0.332. The fourth-order valence-electron chi connectivity index (χ4n) is 4.81. The van der Waals surface area contributed by atoms with Gasteiger partial charge in [0.25, 0.3) is 0 Å². The van der Waals surface area contributed by atoms with Crippen molar-refractivity contribution in [3.8, 4) is 33.9 Å². The van der Waals surface area contributed by atoms with Crippen LogP contribution < -0.4 is 0 Å². The van der Waals surface area contributed by atoms with Crippen LogP contribution in [0.4, 0.5) is 0 Å². The number of ether oxygens (including phenoxy) is 1. The Bertz CT molecular complexity index is 1520. The van der Waals surface area contributed by atoms with Crippen LogP contribution in [0.1, 0.15) is 16.8 Å². The number of aryl methyl sites for hydroxylation is 2. The van der Waals surface area contributed by atoms with Gasteiger partial charge in [-0.2, -0.15) is 0 Å². The highest BCUT2D eigenvalue weighted by atomic mass is 16.5. The largest absolute Gasteiger partial charge is 0.379 e. The van der Waals surface area contributed by atoms with Crippen LogP contribution in [0.25, 0.3) is 39.5 Å². The summed E-state index contributed by atoms with van der Waals surface area (Å²) in [5.41, 5.74) is 10.2. The number of imidazole rings is 1. The first-order valence-electron chi connectivity index (χ1n) is 12.4. The summed E-state index contributed by atoms with van der Waals surface area (Å²) in [5.74, 6) is 0. The molecule has 0 radical (unpaired) electrons. The third kappa shape index (κ3) is 4.53. The van der Waals surface area contributed by atoms with Crippen LogP contribution in [0.3, 0.4) is 0 Å². The smallest absolute Gasteiger partial charge is 0.138 e. The minimum atomic E-state index is 0.817. The monoisotopic (exact) mass is 475 g/mol. The van der Waals surface area contributed by atoms with Crippen LogP contribution >= 0.6 is 0 Å². The molecule has 0 bridgehead atoms. The molecule has 0 atom stereocenters. The molecule has 4 aromatic heterocycles. The zero-order valence-corrected chi connectivity index (χ0v) is 20.7. The fraction of sp³-hybridized carbons (Fsp3) is 0.233. The van der Waals surface area contributed by atoms with Gasteiger partial charge in [-0.1, -0.05) is 30.3 Å². The third-order valence-electron chi connectivity index (χ3n) is 6.71. The van der Waals surface area contributed by atoms with Crippen LogP contribution in [-0.2, 0) is 11.3 Å². The van der Waals surface area contributed by atoms with Crippen LogP contribution in [0, 0.1) is 13.8 Å². The first-order chi connectivity index (χ1) is 17.6. The second kappa shape index (κ2) is 9.64. The molecule has 0 N–H and O–H groups in total. The van der Waals surface area contributed by atoms with E-state index in [1.807, 2.05) is 31.3 Å². The molecule has 1 aliphatic heterocycles. The lowest BCUT2D eigenvalue weighted by atomic mass is 10.0. The molecule has 36 heavy (non-hydrogen) atoms. The second-order valence-corrected chi connectivity index (χ2v) is 9.42. The first kappa shape index (κ1) is 22.6. The lowest BCUT2D eigenvalue weighted by Gasteiger charge is -2.26. The highest BCUT2D eigenvalue weighted by Crippen LogP contribution is 2.34. The van der Waals surface area contributed by atoms with Crippen molar-refractivity contribution in [3.05, 3.63) is 95.9 Å². The van der Waals surface area contributed by atoms with Crippen molar-refractivity contribution < 1.29 is 4.74 Å². The summed E-state index contributed by atoms with van der Waals surface area (Å²) in [6.45, 7) is 8.66. The van der Waals surface area contributed by atoms with Crippen molar-refractivity contribution in [2.45, 2.75) is 20.4 Å². The molecule has 0 saturated carbocycles. The standard InChI is InChI=1S/C30H29N5O/c1-21-11-13-35-28(18-21)33-29(26-5-3-4-22(2)32-26)30(35)25-10-12-31-27(19-25)24-8-6-23(7-9-24)20-34-14-16-36-17-15-34/h3-13,18-19H,14-17,20H2,1-2H3. The zero-order valence-electron chi connectivity index (χ0n) is 20.7. The summed E-state index contributed by atoms with van der Waals surface area (Å²) >= 11 is 0. The van der Waals surface area contributed by atoms with Crippen molar-refractivity contribution >= 4 is 5.65 Å². The Hall–Kier alpha value is -3.87. The van der Waals surface area contributed by atoms with Crippen molar-refractivity contribution in [2.24, 2.45) is 0 Å². The zero-order chi connectivity index (χ0) is 24.5. The van der Waals surface area contributed by atoms with E-state index >= 15 is 0 Å². The molecule has 1 fully saturated rings. The molecular weight excluding hydrogens is 446 g/mol. The molecule has 0 spiro atoms. The summed E-state index contributed by atoms with van der Waals surface area (Å²) in [5, 5.41) is 0. The summed E-state index contributed by atoms with van der Waals surface area (Å²) in [4.78, 5) is 16.9. The molecule has 1 saturated heterocycles. The second-order valence-electron chi connectivity index (χ2n) is 9.42. The number of morpholine rings is 1. The number of fused-ring (bicyclic) bond motifs is 1. The first-order valence-corrected chi connectivity index (χ1v) is 12.4. The molecular formula is C30H29N5O. The van der Waals surface area contributed by atoms with E-state index in [1.54, 1.807) is 0 Å². The van der Waals surface area contributed by atoms with Gasteiger partial charge in [0.05, 0.1) is 30.3 Å². The third-order valence-corrected chi connectivity index (χ3v) is 6.71. The summed E-state index contributed by atoms with van der Waals surface area (Å²) in [7, 11) is 0. The van der Waals surface area contributed by atoms with Gasteiger partial charge in [0.15, 0.2) is 0 Å². The fourth-order valence-corrected chi connectivity index (χ4v) is 4.81. The van der Waals surface area contributed by atoms with Gasteiger partial charge in [0.1, 0.15) is 11.3 Å². The van der Waals surface area contributed by atoms with Gasteiger partial charge in [-0.15, -0.1) is 0 Å². The topological polar surface area (TPSA) is 55.5 Å².